The van der Waals surface area contributed by atoms with Gasteiger partial charge in [0.05, 0.1) is 29.3 Å². The van der Waals surface area contributed by atoms with Gasteiger partial charge < -0.3 is 5.32 Å². The molecular formula is C19H12F2N4O. The van der Waals surface area contributed by atoms with Crippen LogP contribution in [0.25, 0.3) is 16.6 Å². The van der Waals surface area contributed by atoms with Gasteiger partial charge in [-0.15, -0.1) is 0 Å². The number of para-hydroxylation sites is 1. The number of aromatic nitrogens is 3. The van der Waals surface area contributed by atoms with Gasteiger partial charge in [-0.3, -0.25) is 9.78 Å². The molecule has 0 amide bonds. The first-order valence-corrected chi connectivity index (χ1v) is 7.78. The van der Waals surface area contributed by atoms with Gasteiger partial charge in [0.15, 0.2) is 0 Å². The summed E-state index contributed by atoms with van der Waals surface area (Å²) < 4.78 is 28.9. The molecule has 128 valence electrons. The summed E-state index contributed by atoms with van der Waals surface area (Å²) in [5.74, 6) is -1.05. The predicted octanol–water partition coefficient (Wildman–Crippen LogP) is 3.80. The van der Waals surface area contributed by atoms with Gasteiger partial charge in [0.2, 0.25) is 5.95 Å². The van der Waals surface area contributed by atoms with E-state index < -0.39 is 17.2 Å². The van der Waals surface area contributed by atoms with Crippen LogP contribution in [0.1, 0.15) is 0 Å². The van der Waals surface area contributed by atoms with Crippen molar-refractivity contribution in [2.24, 2.45) is 0 Å². The van der Waals surface area contributed by atoms with E-state index in [0.29, 0.717) is 11.4 Å². The van der Waals surface area contributed by atoms with Gasteiger partial charge in [-0.1, -0.05) is 24.3 Å². The normalized spacial score (nSPS) is 10.8. The highest BCUT2D eigenvalue weighted by Crippen LogP contribution is 2.21. The van der Waals surface area contributed by atoms with Crippen LogP contribution in [0.4, 0.5) is 20.4 Å². The van der Waals surface area contributed by atoms with Gasteiger partial charge in [-0.2, -0.15) is 0 Å². The quantitative estimate of drug-likeness (QED) is 0.610. The second-order valence-electron chi connectivity index (χ2n) is 5.56. The van der Waals surface area contributed by atoms with Gasteiger partial charge in [-0.05, 0) is 24.3 Å². The topological polar surface area (TPSA) is 59.8 Å². The van der Waals surface area contributed by atoms with Crippen LogP contribution in [-0.2, 0) is 0 Å². The largest absolute Gasteiger partial charge is 0.324 e. The van der Waals surface area contributed by atoms with E-state index >= 15 is 0 Å². The van der Waals surface area contributed by atoms with Crippen LogP contribution < -0.4 is 10.9 Å². The third-order valence-corrected chi connectivity index (χ3v) is 3.82. The Kier molecular flexibility index (Phi) is 3.89. The minimum absolute atomic E-state index is 0.112. The Morgan fingerprint density at radius 1 is 0.962 bits per heavy atom. The molecule has 1 N–H and O–H groups in total. The molecule has 0 saturated heterocycles. The molecule has 0 aliphatic heterocycles. The number of fused-ring (bicyclic) bond motifs is 1. The molecular weight excluding hydrogens is 338 g/mol. The zero-order valence-electron chi connectivity index (χ0n) is 13.4. The Bertz CT molecular complexity index is 1160. The summed E-state index contributed by atoms with van der Waals surface area (Å²) in [7, 11) is 0. The first-order chi connectivity index (χ1) is 12.6. The van der Waals surface area contributed by atoms with Gasteiger partial charge in [-0.25, -0.2) is 18.3 Å². The second-order valence-corrected chi connectivity index (χ2v) is 5.56. The van der Waals surface area contributed by atoms with Crippen LogP contribution in [-0.4, -0.2) is 14.5 Å². The summed E-state index contributed by atoms with van der Waals surface area (Å²) in [6.07, 6.45) is 2.47. The van der Waals surface area contributed by atoms with Crippen molar-refractivity contribution in [2.75, 3.05) is 5.32 Å². The molecule has 2 heterocycles. The lowest BCUT2D eigenvalue weighted by molar-refractivity contribution is 0.622. The molecule has 26 heavy (non-hydrogen) atoms. The van der Waals surface area contributed by atoms with E-state index in [1.807, 2.05) is 0 Å². The molecule has 2 aromatic heterocycles. The van der Waals surface area contributed by atoms with Crippen molar-refractivity contribution in [3.8, 4) is 5.69 Å². The summed E-state index contributed by atoms with van der Waals surface area (Å²) >= 11 is 0. The molecule has 4 aromatic rings. The van der Waals surface area contributed by atoms with Crippen molar-refractivity contribution < 1.29 is 8.78 Å². The highest BCUT2D eigenvalue weighted by atomic mass is 19.1. The molecule has 0 saturated carbocycles. The number of nitrogens with one attached hydrogen (secondary N) is 1. The lowest BCUT2D eigenvalue weighted by Crippen LogP contribution is -2.23. The summed E-state index contributed by atoms with van der Waals surface area (Å²) in [6, 6.07) is 14.2. The maximum Gasteiger partial charge on any atom is 0.270 e. The van der Waals surface area contributed by atoms with Crippen molar-refractivity contribution in [2.45, 2.75) is 0 Å². The van der Waals surface area contributed by atoms with Gasteiger partial charge in [0, 0.05) is 6.07 Å². The summed E-state index contributed by atoms with van der Waals surface area (Å²) in [6.45, 7) is 0. The average Bonchev–Trinajstić information content (AvgIpc) is 2.62. The third-order valence-electron chi connectivity index (χ3n) is 3.82. The number of pyridine rings is 1. The molecule has 0 unspecified atom stereocenters. The molecule has 0 fully saturated rings. The highest BCUT2D eigenvalue weighted by Gasteiger charge is 2.16. The van der Waals surface area contributed by atoms with Gasteiger partial charge in [0.1, 0.15) is 17.0 Å². The van der Waals surface area contributed by atoms with E-state index in [-0.39, 0.29) is 16.9 Å². The van der Waals surface area contributed by atoms with Crippen LogP contribution in [0.5, 0.6) is 0 Å². The van der Waals surface area contributed by atoms with Crippen molar-refractivity contribution in [1.82, 2.24) is 14.5 Å². The van der Waals surface area contributed by atoms with Crippen molar-refractivity contribution in [3.05, 3.63) is 89.0 Å². The first kappa shape index (κ1) is 15.9. The molecule has 0 spiro atoms. The van der Waals surface area contributed by atoms with E-state index in [2.05, 4.69) is 15.3 Å². The molecule has 0 bridgehead atoms. The van der Waals surface area contributed by atoms with Crippen LogP contribution in [0, 0.1) is 11.6 Å². The molecule has 0 atom stereocenters. The van der Waals surface area contributed by atoms with Gasteiger partial charge in [0.25, 0.3) is 5.56 Å². The fourth-order valence-electron chi connectivity index (χ4n) is 2.70. The molecule has 0 radical (unpaired) electrons. The van der Waals surface area contributed by atoms with Crippen LogP contribution in [0.2, 0.25) is 0 Å². The highest BCUT2D eigenvalue weighted by molar-refractivity contribution is 5.80. The fraction of sp³-hybridized carbons (Fsp3) is 0. The Labute approximate surface area is 146 Å². The Morgan fingerprint density at radius 2 is 1.77 bits per heavy atom. The smallest absolute Gasteiger partial charge is 0.270 e. The monoisotopic (exact) mass is 350 g/mol. The standard InChI is InChI=1S/C19H12F2N4O/c20-12-9-13(11-22-10-12)23-19-24-16-8-4-7-15(21)17(16)18(26)25(19)14-5-2-1-3-6-14/h1-11H,(H,23,24). The second kappa shape index (κ2) is 6.36. The van der Waals surface area contributed by atoms with Crippen molar-refractivity contribution in [1.29, 1.82) is 0 Å². The van der Waals surface area contributed by atoms with Crippen LogP contribution >= 0.6 is 0 Å². The lowest BCUT2D eigenvalue weighted by atomic mass is 10.2. The van der Waals surface area contributed by atoms with Gasteiger partial charge >= 0.3 is 0 Å². The van der Waals surface area contributed by atoms with E-state index in [1.165, 1.54) is 29.0 Å². The predicted molar refractivity (Wildman–Crippen MR) is 94.8 cm³/mol. The Morgan fingerprint density at radius 3 is 2.54 bits per heavy atom. The Hall–Kier alpha value is -3.61. The SMILES string of the molecule is O=c1c2c(F)cccc2nc(Nc2cncc(F)c2)n1-c1ccccc1. The van der Waals surface area contributed by atoms with E-state index in [0.717, 1.165) is 6.20 Å². The third kappa shape index (κ3) is 2.79. The van der Waals surface area contributed by atoms with E-state index in [4.69, 9.17) is 0 Å². The zero-order chi connectivity index (χ0) is 18.1. The number of halogens is 2. The summed E-state index contributed by atoms with van der Waals surface area (Å²) in [4.78, 5) is 21.1. The molecule has 2 aromatic carbocycles. The summed E-state index contributed by atoms with van der Waals surface area (Å²) in [5.41, 5.74) is 0.458. The molecule has 0 aliphatic rings. The van der Waals surface area contributed by atoms with Crippen LogP contribution in [0.3, 0.4) is 0 Å². The zero-order valence-corrected chi connectivity index (χ0v) is 13.4. The number of benzene rings is 2. The number of hydrogen-bond donors (Lipinski definition) is 1. The lowest BCUT2D eigenvalue weighted by Gasteiger charge is -2.15. The van der Waals surface area contributed by atoms with Crippen molar-refractivity contribution >= 4 is 22.5 Å². The van der Waals surface area contributed by atoms with Crippen molar-refractivity contribution in [3.63, 3.8) is 0 Å². The summed E-state index contributed by atoms with van der Waals surface area (Å²) in [5, 5.41) is 2.78. The van der Waals surface area contributed by atoms with E-state index in [1.54, 1.807) is 36.4 Å². The molecule has 5 nitrogen and oxygen atoms in total. The number of rotatable bonds is 3. The first-order valence-electron chi connectivity index (χ1n) is 7.78. The minimum Gasteiger partial charge on any atom is -0.324 e. The minimum atomic E-state index is -0.649. The fourth-order valence-corrected chi connectivity index (χ4v) is 2.70. The average molecular weight is 350 g/mol. The number of hydrogen-bond acceptors (Lipinski definition) is 4. The maximum absolute atomic E-state index is 14.2. The van der Waals surface area contributed by atoms with E-state index in [9.17, 15) is 13.6 Å². The molecule has 4 rings (SSSR count). The molecule has 0 aliphatic carbocycles. The number of nitrogens with zero attached hydrogens (tertiary/aromatic N) is 3. The maximum atomic E-state index is 14.2. The Balaban J connectivity index is 2.00. The van der Waals surface area contributed by atoms with Crippen LogP contribution in [0.15, 0.2) is 71.8 Å². The molecule has 7 heteroatoms. The number of anilines is 2.